The number of rotatable bonds is 12. The Bertz CT molecular complexity index is 1060. The third-order valence-corrected chi connectivity index (χ3v) is 8.09. The predicted octanol–water partition coefficient (Wildman–Crippen LogP) is 6.01. The molecule has 0 amide bonds. The van der Waals surface area contributed by atoms with Crippen molar-refractivity contribution in [2.75, 3.05) is 32.8 Å². The van der Waals surface area contributed by atoms with E-state index >= 15 is 0 Å². The Kier molecular flexibility index (Phi) is 13.0. The highest BCUT2D eigenvalue weighted by Crippen LogP contribution is 2.25. The Hall–Kier alpha value is -1.75. The summed E-state index contributed by atoms with van der Waals surface area (Å²) in [5.74, 6) is 6.64. The average molecular weight is 540 g/mol. The zero-order valence-electron chi connectivity index (χ0n) is 20.4. The molecule has 2 aromatic rings. The van der Waals surface area contributed by atoms with Crippen molar-refractivity contribution in [1.82, 2.24) is 9.21 Å². The van der Waals surface area contributed by atoms with E-state index in [4.69, 9.17) is 16.3 Å². The van der Waals surface area contributed by atoms with Gasteiger partial charge in [-0.2, -0.15) is 4.31 Å². The molecule has 1 saturated heterocycles. The van der Waals surface area contributed by atoms with Crippen molar-refractivity contribution >= 4 is 34.0 Å². The lowest BCUT2D eigenvalue weighted by molar-refractivity contribution is 0.204. The third kappa shape index (κ3) is 9.33. The topological polar surface area (TPSA) is 49.9 Å². The SMILES string of the molecule is CC#CCCCN(Cc1ccccc1OCCCN1CCCCC1)S(=O)(=O)c1ccc(Cl)cc1.Cl. The molecule has 0 aliphatic carbocycles. The van der Waals surface area contributed by atoms with E-state index in [2.05, 4.69) is 16.7 Å². The highest BCUT2D eigenvalue weighted by Gasteiger charge is 2.25. The first-order chi connectivity index (χ1) is 16.5. The van der Waals surface area contributed by atoms with Crippen molar-refractivity contribution in [3.05, 3.63) is 59.1 Å². The number of para-hydroxylation sites is 1. The molecule has 0 unspecified atom stereocenters. The fourth-order valence-corrected chi connectivity index (χ4v) is 5.71. The molecule has 5 nitrogen and oxygen atoms in total. The first-order valence-corrected chi connectivity index (χ1v) is 13.9. The van der Waals surface area contributed by atoms with E-state index in [1.54, 1.807) is 31.2 Å². The zero-order chi connectivity index (χ0) is 24.2. The molecular weight excluding hydrogens is 503 g/mol. The first kappa shape index (κ1) is 29.5. The molecule has 0 bridgehead atoms. The van der Waals surface area contributed by atoms with Gasteiger partial charge in [0.1, 0.15) is 5.75 Å². The summed E-state index contributed by atoms with van der Waals surface area (Å²) in [6.07, 6.45) is 6.17. The number of nitrogens with zero attached hydrogens (tertiary/aromatic N) is 2. The molecule has 35 heavy (non-hydrogen) atoms. The van der Waals surface area contributed by atoms with Crippen molar-refractivity contribution in [3.8, 4) is 17.6 Å². The van der Waals surface area contributed by atoms with E-state index in [1.165, 1.54) is 36.7 Å². The van der Waals surface area contributed by atoms with Crippen LogP contribution in [0.25, 0.3) is 0 Å². The van der Waals surface area contributed by atoms with Crippen molar-refractivity contribution in [2.24, 2.45) is 0 Å². The van der Waals surface area contributed by atoms with Crippen LogP contribution in [0.3, 0.4) is 0 Å². The van der Waals surface area contributed by atoms with Crippen LogP contribution in [0.1, 0.15) is 51.0 Å². The number of hydrogen-bond donors (Lipinski definition) is 0. The van der Waals surface area contributed by atoms with E-state index in [9.17, 15) is 8.42 Å². The Morgan fingerprint density at radius 1 is 1.03 bits per heavy atom. The second kappa shape index (κ2) is 15.4. The number of sulfonamides is 1. The Morgan fingerprint density at radius 3 is 2.46 bits per heavy atom. The molecule has 1 aliphatic heterocycles. The molecule has 8 heteroatoms. The summed E-state index contributed by atoms with van der Waals surface area (Å²) in [6, 6.07) is 14.0. The van der Waals surface area contributed by atoms with Gasteiger partial charge in [0.15, 0.2) is 0 Å². The Labute approximate surface area is 222 Å². The maximum Gasteiger partial charge on any atom is 0.243 e. The maximum absolute atomic E-state index is 13.5. The van der Waals surface area contributed by atoms with Gasteiger partial charge in [-0.05, 0) is 76.0 Å². The van der Waals surface area contributed by atoms with Crippen LogP contribution >= 0.6 is 24.0 Å². The summed E-state index contributed by atoms with van der Waals surface area (Å²) >= 11 is 5.98. The second-order valence-corrected chi connectivity index (χ2v) is 10.9. The summed E-state index contributed by atoms with van der Waals surface area (Å²) in [7, 11) is -3.70. The molecule has 0 spiro atoms. The van der Waals surface area contributed by atoms with Gasteiger partial charge in [0.25, 0.3) is 0 Å². The fourth-order valence-electron chi connectivity index (χ4n) is 4.13. The molecule has 1 heterocycles. The van der Waals surface area contributed by atoms with E-state index in [-0.39, 0.29) is 23.8 Å². The van der Waals surface area contributed by atoms with Crippen LogP contribution in [0.5, 0.6) is 5.75 Å². The normalized spacial score (nSPS) is 14.1. The molecule has 1 fully saturated rings. The minimum absolute atomic E-state index is 0. The molecular formula is C27H36Cl2N2O3S. The van der Waals surface area contributed by atoms with Crippen molar-refractivity contribution in [2.45, 2.75) is 56.9 Å². The van der Waals surface area contributed by atoms with Crippen LogP contribution in [0.2, 0.25) is 5.02 Å². The summed E-state index contributed by atoms with van der Waals surface area (Å²) in [5, 5.41) is 0.506. The first-order valence-electron chi connectivity index (χ1n) is 12.1. The van der Waals surface area contributed by atoms with Crippen LogP contribution in [0, 0.1) is 11.8 Å². The summed E-state index contributed by atoms with van der Waals surface area (Å²) in [5.41, 5.74) is 0.861. The lowest BCUT2D eigenvalue weighted by Crippen LogP contribution is -2.32. The second-order valence-electron chi connectivity index (χ2n) is 8.53. The predicted molar refractivity (Wildman–Crippen MR) is 146 cm³/mol. The number of unbranched alkanes of at least 4 members (excludes halogenated alkanes) is 1. The number of likely N-dealkylation sites (tertiary alicyclic amines) is 1. The number of ether oxygens (including phenoxy) is 1. The standard InChI is InChI=1S/C27H35ClN2O3S.ClH/c1-2-3-4-10-21-30(34(31,32)26-16-14-25(28)15-17-26)23-24-12-6-7-13-27(24)33-22-11-20-29-18-8-5-9-19-29;/h6-7,12-17H,4-5,8-11,18-23H2,1H3;1H. The monoisotopic (exact) mass is 538 g/mol. The van der Waals surface area contributed by atoms with Crippen molar-refractivity contribution in [1.29, 1.82) is 0 Å². The molecule has 0 N–H and O–H groups in total. The Balaban J connectivity index is 0.00000432. The highest BCUT2D eigenvalue weighted by atomic mass is 35.5. The van der Waals surface area contributed by atoms with Gasteiger partial charge in [-0.15, -0.1) is 24.2 Å². The van der Waals surface area contributed by atoms with Gasteiger partial charge in [0.05, 0.1) is 11.5 Å². The molecule has 0 atom stereocenters. The van der Waals surface area contributed by atoms with Gasteiger partial charge < -0.3 is 9.64 Å². The fraction of sp³-hybridized carbons (Fsp3) is 0.481. The van der Waals surface area contributed by atoms with E-state index in [0.717, 1.165) is 24.3 Å². The minimum Gasteiger partial charge on any atom is -0.493 e. The van der Waals surface area contributed by atoms with Gasteiger partial charge in [-0.25, -0.2) is 8.42 Å². The van der Waals surface area contributed by atoms with E-state index in [0.29, 0.717) is 31.0 Å². The molecule has 2 aromatic carbocycles. The van der Waals surface area contributed by atoms with E-state index < -0.39 is 10.0 Å². The van der Waals surface area contributed by atoms with Gasteiger partial charge in [-0.3, -0.25) is 0 Å². The molecule has 0 saturated carbocycles. The van der Waals surface area contributed by atoms with Crippen molar-refractivity contribution < 1.29 is 13.2 Å². The molecule has 0 radical (unpaired) electrons. The van der Waals surface area contributed by atoms with Gasteiger partial charge in [0.2, 0.25) is 10.0 Å². The highest BCUT2D eigenvalue weighted by molar-refractivity contribution is 7.89. The van der Waals surface area contributed by atoms with Crippen LogP contribution in [-0.4, -0.2) is 50.4 Å². The number of halogens is 2. The van der Waals surface area contributed by atoms with Crippen molar-refractivity contribution in [3.63, 3.8) is 0 Å². The minimum atomic E-state index is -3.70. The lowest BCUT2D eigenvalue weighted by atomic mass is 10.1. The van der Waals surface area contributed by atoms with Crippen LogP contribution in [0.15, 0.2) is 53.4 Å². The zero-order valence-corrected chi connectivity index (χ0v) is 22.8. The molecule has 1 aliphatic rings. The summed E-state index contributed by atoms with van der Waals surface area (Å²) < 4.78 is 34.6. The molecule has 192 valence electrons. The molecule has 0 aromatic heterocycles. The third-order valence-electron chi connectivity index (χ3n) is 5.98. The van der Waals surface area contributed by atoms with E-state index in [1.807, 2.05) is 24.3 Å². The number of piperidine rings is 1. The van der Waals surface area contributed by atoms with Crippen LogP contribution in [-0.2, 0) is 16.6 Å². The van der Waals surface area contributed by atoms with Gasteiger partial charge in [0, 0.05) is 36.6 Å². The van der Waals surface area contributed by atoms with Crippen LogP contribution < -0.4 is 4.74 Å². The number of benzene rings is 2. The van der Waals surface area contributed by atoms with Crippen LogP contribution in [0.4, 0.5) is 0 Å². The van der Waals surface area contributed by atoms with Gasteiger partial charge >= 0.3 is 0 Å². The quantitative estimate of drug-likeness (QED) is 0.245. The molecule has 3 rings (SSSR count). The maximum atomic E-state index is 13.5. The smallest absolute Gasteiger partial charge is 0.243 e. The summed E-state index contributed by atoms with van der Waals surface area (Å²) in [6.45, 7) is 6.42. The van der Waals surface area contributed by atoms with Gasteiger partial charge in [-0.1, -0.05) is 36.2 Å². The average Bonchev–Trinajstić information content (AvgIpc) is 2.85. The Morgan fingerprint density at radius 2 is 1.74 bits per heavy atom. The number of hydrogen-bond acceptors (Lipinski definition) is 4. The largest absolute Gasteiger partial charge is 0.493 e. The lowest BCUT2D eigenvalue weighted by Gasteiger charge is -2.26. The summed E-state index contributed by atoms with van der Waals surface area (Å²) in [4.78, 5) is 2.73.